The molecule has 0 bridgehead atoms. The normalized spacial score (nSPS) is 24.2. The Hall–Kier alpha value is 0.01000. The van der Waals surface area contributed by atoms with Crippen LogP contribution < -0.4 is 5.32 Å². The Balaban J connectivity index is 2.01. The number of rotatable bonds is 3. The molecule has 2 rings (SSSR count). The molecule has 2 N–H and O–H groups in total. The lowest BCUT2D eigenvalue weighted by Crippen LogP contribution is -2.43. The Morgan fingerprint density at radius 2 is 1.81 bits per heavy atom. The lowest BCUT2D eigenvalue weighted by Gasteiger charge is -2.32. The molecular formula is C11H12Cl3NO. The van der Waals surface area contributed by atoms with E-state index in [2.05, 4.69) is 5.32 Å². The molecule has 1 fully saturated rings. The van der Waals surface area contributed by atoms with Crippen molar-refractivity contribution in [2.24, 2.45) is 0 Å². The second-order valence-electron chi connectivity index (χ2n) is 4.02. The highest BCUT2D eigenvalue weighted by Gasteiger charge is 2.26. The first kappa shape index (κ1) is 12.5. The van der Waals surface area contributed by atoms with Gasteiger partial charge in [0.15, 0.2) is 0 Å². The lowest BCUT2D eigenvalue weighted by molar-refractivity contribution is 0.0619. The monoisotopic (exact) mass is 279 g/mol. The SMILES string of the molecule is OC1CC(NCc2c(Cl)ccc(Cl)c2Cl)C1. The molecule has 1 aromatic rings. The summed E-state index contributed by atoms with van der Waals surface area (Å²) in [7, 11) is 0. The summed E-state index contributed by atoms with van der Waals surface area (Å²) in [6.45, 7) is 0.579. The molecule has 1 aromatic carbocycles. The summed E-state index contributed by atoms with van der Waals surface area (Å²) in [5, 5.41) is 14.1. The van der Waals surface area contributed by atoms with E-state index in [0.717, 1.165) is 18.4 Å². The minimum absolute atomic E-state index is 0.164. The second kappa shape index (κ2) is 5.11. The summed E-state index contributed by atoms with van der Waals surface area (Å²) in [4.78, 5) is 0. The smallest absolute Gasteiger partial charge is 0.0652 e. The van der Waals surface area contributed by atoms with Crippen molar-refractivity contribution in [1.29, 1.82) is 0 Å². The van der Waals surface area contributed by atoms with Gasteiger partial charge in [-0.3, -0.25) is 0 Å². The van der Waals surface area contributed by atoms with Gasteiger partial charge in [-0.1, -0.05) is 34.8 Å². The predicted molar refractivity (Wildman–Crippen MR) is 67.3 cm³/mol. The summed E-state index contributed by atoms with van der Waals surface area (Å²) < 4.78 is 0. The minimum Gasteiger partial charge on any atom is -0.393 e. The standard InChI is InChI=1S/C11H12Cl3NO/c12-9-1-2-10(13)11(14)8(9)5-15-6-3-7(16)4-6/h1-2,6-7,15-16H,3-5H2. The fraction of sp³-hybridized carbons (Fsp3) is 0.455. The molecule has 16 heavy (non-hydrogen) atoms. The van der Waals surface area contributed by atoms with Gasteiger partial charge in [0.25, 0.3) is 0 Å². The van der Waals surface area contributed by atoms with Gasteiger partial charge in [-0.15, -0.1) is 0 Å². The van der Waals surface area contributed by atoms with Crippen LogP contribution in [-0.4, -0.2) is 17.3 Å². The average molecular weight is 281 g/mol. The zero-order valence-electron chi connectivity index (χ0n) is 8.51. The average Bonchev–Trinajstić information content (AvgIpc) is 2.21. The second-order valence-corrected chi connectivity index (χ2v) is 5.22. The van der Waals surface area contributed by atoms with Crippen LogP contribution in [-0.2, 0) is 6.54 Å². The van der Waals surface area contributed by atoms with Crippen LogP contribution in [0.2, 0.25) is 15.1 Å². The molecule has 2 nitrogen and oxygen atoms in total. The third-order valence-electron chi connectivity index (χ3n) is 2.82. The molecule has 0 aromatic heterocycles. The number of hydrogen-bond donors (Lipinski definition) is 2. The molecule has 0 aliphatic heterocycles. The third-order valence-corrected chi connectivity index (χ3v) is 4.02. The molecule has 0 radical (unpaired) electrons. The van der Waals surface area contributed by atoms with Gasteiger partial charge in [0.1, 0.15) is 0 Å². The number of hydrogen-bond acceptors (Lipinski definition) is 2. The maximum absolute atomic E-state index is 9.16. The third kappa shape index (κ3) is 2.63. The van der Waals surface area contributed by atoms with E-state index in [4.69, 9.17) is 39.9 Å². The number of nitrogens with one attached hydrogen (secondary N) is 1. The fourth-order valence-electron chi connectivity index (χ4n) is 1.73. The van der Waals surface area contributed by atoms with Crippen molar-refractivity contribution in [3.63, 3.8) is 0 Å². The molecule has 0 spiro atoms. The first-order chi connectivity index (χ1) is 7.58. The highest BCUT2D eigenvalue weighted by Crippen LogP contribution is 2.31. The van der Waals surface area contributed by atoms with Crippen molar-refractivity contribution in [3.8, 4) is 0 Å². The van der Waals surface area contributed by atoms with Crippen molar-refractivity contribution in [2.75, 3.05) is 0 Å². The molecule has 1 aliphatic rings. The molecule has 5 heteroatoms. The van der Waals surface area contributed by atoms with Gasteiger partial charge in [-0.25, -0.2) is 0 Å². The van der Waals surface area contributed by atoms with Crippen LogP contribution in [0.1, 0.15) is 18.4 Å². The molecular weight excluding hydrogens is 268 g/mol. The first-order valence-electron chi connectivity index (χ1n) is 5.11. The largest absolute Gasteiger partial charge is 0.393 e. The molecule has 0 atom stereocenters. The Morgan fingerprint density at radius 1 is 1.19 bits per heavy atom. The topological polar surface area (TPSA) is 32.3 Å². The summed E-state index contributed by atoms with van der Waals surface area (Å²) in [6, 6.07) is 3.77. The van der Waals surface area contributed by atoms with Crippen LogP contribution in [0.5, 0.6) is 0 Å². The van der Waals surface area contributed by atoms with E-state index in [1.54, 1.807) is 12.1 Å². The van der Waals surface area contributed by atoms with E-state index in [-0.39, 0.29) is 6.10 Å². The Bertz CT molecular complexity index is 391. The number of aliphatic hydroxyl groups is 1. The van der Waals surface area contributed by atoms with Crippen molar-refractivity contribution in [2.45, 2.75) is 31.5 Å². The van der Waals surface area contributed by atoms with Gasteiger partial charge >= 0.3 is 0 Å². The maximum Gasteiger partial charge on any atom is 0.0652 e. The van der Waals surface area contributed by atoms with E-state index in [9.17, 15) is 0 Å². The van der Waals surface area contributed by atoms with Crippen LogP contribution in [0, 0.1) is 0 Å². The van der Waals surface area contributed by atoms with Crippen LogP contribution in [0.25, 0.3) is 0 Å². The van der Waals surface area contributed by atoms with Gasteiger partial charge in [0.05, 0.1) is 16.1 Å². The molecule has 0 amide bonds. The van der Waals surface area contributed by atoms with Crippen LogP contribution in [0.4, 0.5) is 0 Å². The zero-order chi connectivity index (χ0) is 11.7. The summed E-state index contributed by atoms with van der Waals surface area (Å²) >= 11 is 18.0. The van der Waals surface area contributed by atoms with Crippen molar-refractivity contribution < 1.29 is 5.11 Å². The van der Waals surface area contributed by atoms with Gasteiger partial charge in [0.2, 0.25) is 0 Å². The number of benzene rings is 1. The van der Waals surface area contributed by atoms with Crippen LogP contribution >= 0.6 is 34.8 Å². The summed E-state index contributed by atoms with van der Waals surface area (Å²) in [5.41, 5.74) is 0.817. The quantitative estimate of drug-likeness (QED) is 0.833. The zero-order valence-corrected chi connectivity index (χ0v) is 10.8. The number of aliphatic hydroxyl groups excluding tert-OH is 1. The highest BCUT2D eigenvalue weighted by atomic mass is 35.5. The van der Waals surface area contributed by atoms with E-state index in [1.807, 2.05) is 0 Å². The fourth-order valence-corrected chi connectivity index (χ4v) is 2.41. The number of halogens is 3. The van der Waals surface area contributed by atoms with E-state index >= 15 is 0 Å². The molecule has 0 heterocycles. The van der Waals surface area contributed by atoms with E-state index in [0.29, 0.717) is 27.7 Å². The molecule has 1 aliphatic carbocycles. The molecule has 0 unspecified atom stereocenters. The van der Waals surface area contributed by atoms with Crippen molar-refractivity contribution in [1.82, 2.24) is 5.32 Å². The molecule has 1 saturated carbocycles. The Kier molecular flexibility index (Phi) is 3.98. The van der Waals surface area contributed by atoms with Crippen LogP contribution in [0.15, 0.2) is 12.1 Å². The van der Waals surface area contributed by atoms with E-state index < -0.39 is 0 Å². The first-order valence-corrected chi connectivity index (χ1v) is 6.25. The van der Waals surface area contributed by atoms with Crippen LogP contribution in [0.3, 0.4) is 0 Å². The minimum atomic E-state index is -0.164. The summed E-state index contributed by atoms with van der Waals surface area (Å²) in [6.07, 6.45) is 1.41. The van der Waals surface area contributed by atoms with Crippen molar-refractivity contribution >= 4 is 34.8 Å². The van der Waals surface area contributed by atoms with Gasteiger partial charge in [-0.2, -0.15) is 0 Å². The lowest BCUT2D eigenvalue weighted by atomic mass is 9.89. The van der Waals surface area contributed by atoms with Gasteiger partial charge in [0, 0.05) is 23.2 Å². The Morgan fingerprint density at radius 3 is 2.44 bits per heavy atom. The summed E-state index contributed by atoms with van der Waals surface area (Å²) in [5.74, 6) is 0. The Labute approximate surface area is 110 Å². The maximum atomic E-state index is 9.16. The van der Waals surface area contributed by atoms with E-state index in [1.165, 1.54) is 0 Å². The molecule has 88 valence electrons. The highest BCUT2D eigenvalue weighted by molar-refractivity contribution is 6.44. The van der Waals surface area contributed by atoms with Crippen molar-refractivity contribution in [3.05, 3.63) is 32.8 Å². The van der Waals surface area contributed by atoms with Gasteiger partial charge < -0.3 is 10.4 Å². The van der Waals surface area contributed by atoms with Gasteiger partial charge in [-0.05, 0) is 25.0 Å². The molecule has 0 saturated heterocycles. The predicted octanol–water partition coefficient (Wildman–Crippen LogP) is 3.26.